The Morgan fingerprint density at radius 3 is 2.52 bits per heavy atom. The zero-order valence-corrected chi connectivity index (χ0v) is 16.6. The van der Waals surface area contributed by atoms with Gasteiger partial charge in [0, 0.05) is 57.9 Å². The normalized spacial score (nSPS) is 20.0. The Bertz CT molecular complexity index is 741. The third kappa shape index (κ3) is 5.49. The number of sulfonamides is 1. The number of amides is 1. The highest BCUT2D eigenvalue weighted by atomic mass is 32.2. The van der Waals surface area contributed by atoms with Gasteiger partial charge >= 0.3 is 0 Å². The van der Waals surface area contributed by atoms with Crippen molar-refractivity contribution in [3.8, 4) is 0 Å². The molecule has 0 atom stereocenters. The molecule has 0 spiro atoms. The predicted octanol–water partition coefficient (Wildman–Crippen LogP) is -0.315. The van der Waals surface area contributed by atoms with E-state index in [1.807, 2.05) is 7.05 Å². The van der Waals surface area contributed by atoms with Gasteiger partial charge in [0.1, 0.15) is 0 Å². The summed E-state index contributed by atoms with van der Waals surface area (Å²) in [5.41, 5.74) is 0.413. The number of morpholine rings is 1. The van der Waals surface area contributed by atoms with Gasteiger partial charge in [-0.2, -0.15) is 0 Å². The molecule has 0 bridgehead atoms. The van der Waals surface area contributed by atoms with Gasteiger partial charge in [-0.1, -0.05) is 6.07 Å². The maximum Gasteiger partial charge on any atom is 0.253 e. The van der Waals surface area contributed by atoms with Crippen LogP contribution in [0.5, 0.6) is 0 Å². The maximum atomic E-state index is 12.7. The average Bonchev–Trinajstić information content (AvgIpc) is 2.69. The first-order valence-corrected chi connectivity index (χ1v) is 10.8. The Morgan fingerprint density at radius 1 is 1.11 bits per heavy atom. The van der Waals surface area contributed by atoms with Crippen LogP contribution in [0.3, 0.4) is 0 Å². The van der Waals surface area contributed by atoms with Gasteiger partial charge in [0.2, 0.25) is 10.0 Å². The van der Waals surface area contributed by atoms with Crippen molar-refractivity contribution in [2.75, 3.05) is 72.6 Å². The van der Waals surface area contributed by atoms with Crippen LogP contribution in [0.15, 0.2) is 29.2 Å². The van der Waals surface area contributed by atoms with Crippen molar-refractivity contribution in [2.24, 2.45) is 0 Å². The molecule has 0 radical (unpaired) electrons. The van der Waals surface area contributed by atoms with Crippen molar-refractivity contribution < 1.29 is 17.9 Å². The average molecular weight is 397 g/mol. The van der Waals surface area contributed by atoms with E-state index >= 15 is 0 Å². The molecular weight excluding hydrogens is 368 g/mol. The monoisotopic (exact) mass is 396 g/mol. The van der Waals surface area contributed by atoms with E-state index in [0.717, 1.165) is 26.2 Å². The number of rotatable bonds is 6. The number of hydrogen-bond acceptors (Lipinski definition) is 6. The van der Waals surface area contributed by atoms with Crippen LogP contribution in [0, 0.1) is 0 Å². The molecule has 1 amide bonds. The van der Waals surface area contributed by atoms with Crippen LogP contribution in [0.2, 0.25) is 0 Å². The fourth-order valence-corrected chi connectivity index (χ4v) is 4.30. The van der Waals surface area contributed by atoms with Gasteiger partial charge in [-0.25, -0.2) is 13.1 Å². The predicted molar refractivity (Wildman–Crippen MR) is 102 cm³/mol. The second-order valence-electron chi connectivity index (χ2n) is 6.98. The van der Waals surface area contributed by atoms with E-state index in [-0.39, 0.29) is 10.8 Å². The summed E-state index contributed by atoms with van der Waals surface area (Å²) < 4.78 is 33.1. The molecule has 0 aromatic heterocycles. The van der Waals surface area contributed by atoms with Crippen LogP contribution in [0.4, 0.5) is 0 Å². The highest BCUT2D eigenvalue weighted by Crippen LogP contribution is 2.14. The van der Waals surface area contributed by atoms with Gasteiger partial charge < -0.3 is 14.5 Å². The lowest BCUT2D eigenvalue weighted by molar-refractivity contribution is 0.0390. The van der Waals surface area contributed by atoms with Crippen molar-refractivity contribution >= 4 is 15.9 Å². The summed E-state index contributed by atoms with van der Waals surface area (Å²) in [4.78, 5) is 18.9. The molecule has 0 saturated carbocycles. The Morgan fingerprint density at radius 2 is 1.81 bits per heavy atom. The first-order chi connectivity index (χ1) is 13.0. The molecule has 1 N–H and O–H groups in total. The van der Waals surface area contributed by atoms with E-state index in [2.05, 4.69) is 14.5 Å². The number of hydrogen-bond donors (Lipinski definition) is 1. The van der Waals surface area contributed by atoms with Gasteiger partial charge in [0.15, 0.2) is 0 Å². The summed E-state index contributed by atoms with van der Waals surface area (Å²) in [5, 5.41) is 0. The minimum absolute atomic E-state index is 0.117. The van der Waals surface area contributed by atoms with Crippen molar-refractivity contribution in [1.82, 2.24) is 19.4 Å². The number of benzene rings is 1. The molecule has 1 aromatic carbocycles. The first kappa shape index (κ1) is 20.2. The quantitative estimate of drug-likeness (QED) is 0.710. The van der Waals surface area contributed by atoms with Crippen molar-refractivity contribution in [2.45, 2.75) is 4.90 Å². The zero-order chi connectivity index (χ0) is 19.3. The second-order valence-corrected chi connectivity index (χ2v) is 8.74. The first-order valence-electron chi connectivity index (χ1n) is 9.33. The van der Waals surface area contributed by atoms with Gasteiger partial charge in [-0.15, -0.1) is 0 Å². The number of carbonyl (C=O) groups is 1. The number of nitrogens with zero attached hydrogens (tertiary/aromatic N) is 3. The fraction of sp³-hybridized carbons (Fsp3) is 0.611. The third-order valence-electron chi connectivity index (χ3n) is 5.01. The van der Waals surface area contributed by atoms with Crippen LogP contribution < -0.4 is 4.72 Å². The molecule has 0 aliphatic carbocycles. The SMILES string of the molecule is CN1CCN(C(=O)c2cccc(S(=O)(=O)NCCN3CCOCC3)c2)CC1. The minimum Gasteiger partial charge on any atom is -0.379 e. The lowest BCUT2D eigenvalue weighted by Gasteiger charge is -2.32. The van der Waals surface area contributed by atoms with Crippen molar-refractivity contribution in [3.05, 3.63) is 29.8 Å². The summed E-state index contributed by atoms with van der Waals surface area (Å²) in [6, 6.07) is 6.29. The van der Waals surface area contributed by atoms with E-state index < -0.39 is 10.0 Å². The molecule has 9 heteroatoms. The molecule has 2 aliphatic rings. The minimum atomic E-state index is -3.64. The molecule has 2 aliphatic heterocycles. The van der Waals surface area contributed by atoms with Gasteiger partial charge in [-0.05, 0) is 25.2 Å². The molecule has 0 unspecified atom stereocenters. The van der Waals surface area contributed by atoms with Crippen LogP contribution in [0.25, 0.3) is 0 Å². The van der Waals surface area contributed by atoms with Crippen LogP contribution in [0.1, 0.15) is 10.4 Å². The van der Waals surface area contributed by atoms with Crippen LogP contribution in [-0.4, -0.2) is 102 Å². The topological polar surface area (TPSA) is 82.2 Å². The van der Waals surface area contributed by atoms with E-state index in [1.165, 1.54) is 12.1 Å². The Labute approximate surface area is 161 Å². The lowest BCUT2D eigenvalue weighted by atomic mass is 10.2. The number of piperazine rings is 1. The summed E-state index contributed by atoms with van der Waals surface area (Å²) in [7, 11) is -1.62. The van der Waals surface area contributed by atoms with Gasteiger partial charge in [0.05, 0.1) is 18.1 Å². The Kier molecular flexibility index (Phi) is 6.83. The summed E-state index contributed by atoms with van der Waals surface area (Å²) in [5.74, 6) is -0.117. The van der Waals surface area contributed by atoms with Gasteiger partial charge in [0.25, 0.3) is 5.91 Å². The molecular formula is C18H28N4O4S. The molecule has 1 aromatic rings. The van der Waals surface area contributed by atoms with Crippen molar-refractivity contribution in [1.29, 1.82) is 0 Å². The highest BCUT2D eigenvalue weighted by Gasteiger charge is 2.22. The number of ether oxygens (including phenoxy) is 1. The molecule has 150 valence electrons. The Hall–Kier alpha value is -1.52. The largest absolute Gasteiger partial charge is 0.379 e. The molecule has 27 heavy (non-hydrogen) atoms. The fourth-order valence-electron chi connectivity index (χ4n) is 3.23. The number of carbonyl (C=O) groups excluding carboxylic acids is 1. The molecule has 3 rings (SSSR count). The van der Waals surface area contributed by atoms with E-state index in [9.17, 15) is 13.2 Å². The standard InChI is InChI=1S/C18H28N4O4S/c1-20-7-9-22(10-8-20)18(23)16-3-2-4-17(15-16)27(24,25)19-5-6-21-11-13-26-14-12-21/h2-4,15,19H,5-14H2,1H3. The number of nitrogens with one attached hydrogen (secondary N) is 1. The third-order valence-corrected chi connectivity index (χ3v) is 6.46. The molecule has 2 fully saturated rings. The lowest BCUT2D eigenvalue weighted by Crippen LogP contribution is -2.47. The maximum absolute atomic E-state index is 12.7. The van der Waals surface area contributed by atoms with E-state index in [1.54, 1.807) is 17.0 Å². The van der Waals surface area contributed by atoms with Crippen molar-refractivity contribution in [3.63, 3.8) is 0 Å². The zero-order valence-electron chi connectivity index (χ0n) is 15.8. The van der Waals surface area contributed by atoms with Gasteiger partial charge in [-0.3, -0.25) is 9.69 Å². The second kappa shape index (κ2) is 9.11. The summed E-state index contributed by atoms with van der Waals surface area (Å²) in [6.07, 6.45) is 0. The number of likely N-dealkylation sites (N-methyl/N-ethyl adjacent to an activating group) is 1. The van der Waals surface area contributed by atoms with E-state index in [4.69, 9.17) is 4.74 Å². The highest BCUT2D eigenvalue weighted by molar-refractivity contribution is 7.89. The Balaban J connectivity index is 1.60. The van der Waals surface area contributed by atoms with Crippen LogP contribution >= 0.6 is 0 Å². The molecule has 2 heterocycles. The summed E-state index contributed by atoms with van der Waals surface area (Å²) >= 11 is 0. The molecule has 2 saturated heterocycles. The van der Waals surface area contributed by atoms with Crippen LogP contribution in [-0.2, 0) is 14.8 Å². The smallest absolute Gasteiger partial charge is 0.253 e. The molecule has 8 nitrogen and oxygen atoms in total. The summed E-state index contributed by atoms with van der Waals surface area (Å²) in [6.45, 7) is 6.94. The van der Waals surface area contributed by atoms with E-state index in [0.29, 0.717) is 45.0 Å².